The summed E-state index contributed by atoms with van der Waals surface area (Å²) in [5.41, 5.74) is 3.95. The van der Waals surface area contributed by atoms with Gasteiger partial charge in [0.05, 0.1) is 6.04 Å². The minimum Gasteiger partial charge on any atom is -0.340 e. The maximum atomic E-state index is 13.3. The molecule has 2 heterocycles. The molecule has 0 saturated carbocycles. The minimum atomic E-state index is 0.0821. The highest BCUT2D eigenvalue weighted by Crippen LogP contribution is 2.34. The fourth-order valence-electron chi connectivity index (χ4n) is 3.90. The molecule has 0 radical (unpaired) electrons. The van der Waals surface area contributed by atoms with E-state index in [1.54, 1.807) is 11.9 Å². The smallest absolute Gasteiger partial charge is 0.271 e. The Morgan fingerprint density at radius 2 is 1.96 bits per heavy atom. The van der Waals surface area contributed by atoms with Crippen LogP contribution in [0.25, 0.3) is 10.9 Å². The Kier molecular flexibility index (Phi) is 5.06. The minimum absolute atomic E-state index is 0.0821. The number of carbonyl (C=O) groups excluding carboxylic acids is 1. The number of rotatable bonds is 4. The van der Waals surface area contributed by atoms with Crippen LogP contribution < -0.4 is 4.72 Å². The summed E-state index contributed by atoms with van der Waals surface area (Å²) in [6.45, 7) is 0.788. The van der Waals surface area contributed by atoms with Gasteiger partial charge in [-0.05, 0) is 48.7 Å². The average molecular weight is 400 g/mol. The number of amides is 1. The molecule has 4 rings (SSSR count). The van der Waals surface area contributed by atoms with Crippen molar-refractivity contribution < 1.29 is 4.79 Å². The molecule has 1 fully saturated rings. The Balaban J connectivity index is 1.63. The zero-order valence-electron chi connectivity index (χ0n) is 15.4. The highest BCUT2D eigenvalue weighted by atomic mass is 35.5. The lowest BCUT2D eigenvalue weighted by Crippen LogP contribution is -2.31. The predicted octanol–water partition coefficient (Wildman–Crippen LogP) is 5.50. The molecule has 2 aromatic carbocycles. The number of fused-ring (bicyclic) bond motifs is 1. The normalized spacial score (nSPS) is 16.9. The van der Waals surface area contributed by atoms with Crippen LogP contribution in [0.2, 0.25) is 5.02 Å². The quantitative estimate of drug-likeness (QED) is 0.588. The number of hydrogen-bond donors (Lipinski definition) is 1. The van der Waals surface area contributed by atoms with E-state index in [1.807, 2.05) is 47.0 Å². The first-order valence-electron chi connectivity index (χ1n) is 9.03. The standard InChI is InChI=1S/C21H22ClN3OS/c1-24-19-13-16(22)8-5-15(19)12-20(24)21(26)25-11-3-4-18(25)14-6-9-17(10-7-14)23-27-2/h5-10,12-13,18,23H,3-4,11H2,1-2H3. The number of halogens is 1. The van der Waals surface area contributed by atoms with Crippen LogP contribution >= 0.6 is 23.5 Å². The summed E-state index contributed by atoms with van der Waals surface area (Å²) < 4.78 is 5.18. The van der Waals surface area contributed by atoms with Crippen LogP contribution in [0.3, 0.4) is 0 Å². The van der Waals surface area contributed by atoms with E-state index < -0.39 is 0 Å². The van der Waals surface area contributed by atoms with Gasteiger partial charge in [0.15, 0.2) is 0 Å². The zero-order valence-corrected chi connectivity index (χ0v) is 17.0. The molecule has 1 atom stereocenters. The van der Waals surface area contributed by atoms with Gasteiger partial charge in [-0.3, -0.25) is 4.79 Å². The Labute approximate surface area is 168 Å². The van der Waals surface area contributed by atoms with E-state index in [1.165, 1.54) is 5.56 Å². The van der Waals surface area contributed by atoms with Crippen LogP contribution in [0.5, 0.6) is 0 Å². The summed E-state index contributed by atoms with van der Waals surface area (Å²) in [5, 5.41) is 1.72. The number of aromatic nitrogens is 1. The van der Waals surface area contributed by atoms with Crippen molar-refractivity contribution in [2.24, 2.45) is 7.05 Å². The van der Waals surface area contributed by atoms with Gasteiger partial charge < -0.3 is 14.2 Å². The van der Waals surface area contributed by atoms with Gasteiger partial charge in [0, 0.05) is 41.5 Å². The monoisotopic (exact) mass is 399 g/mol. The molecule has 4 nitrogen and oxygen atoms in total. The fraction of sp³-hybridized carbons (Fsp3) is 0.286. The van der Waals surface area contributed by atoms with Crippen LogP contribution in [0, 0.1) is 0 Å². The van der Waals surface area contributed by atoms with E-state index >= 15 is 0 Å². The van der Waals surface area contributed by atoms with Crippen molar-refractivity contribution in [2.45, 2.75) is 18.9 Å². The highest BCUT2D eigenvalue weighted by molar-refractivity contribution is 7.99. The van der Waals surface area contributed by atoms with Gasteiger partial charge in [0.25, 0.3) is 5.91 Å². The van der Waals surface area contributed by atoms with Crippen LogP contribution in [0.15, 0.2) is 48.5 Å². The molecule has 1 saturated heterocycles. The molecule has 1 N–H and O–H groups in total. The van der Waals surface area contributed by atoms with Crippen molar-refractivity contribution in [3.8, 4) is 0 Å². The maximum absolute atomic E-state index is 13.3. The average Bonchev–Trinajstić information content (AvgIpc) is 3.28. The van der Waals surface area contributed by atoms with E-state index in [2.05, 4.69) is 29.0 Å². The SMILES string of the molecule is CSNc1ccc(C2CCCN2C(=O)c2cc3ccc(Cl)cc3n2C)cc1. The molecule has 1 unspecified atom stereocenters. The van der Waals surface area contributed by atoms with Gasteiger partial charge in [-0.15, -0.1) is 0 Å². The second-order valence-electron chi connectivity index (χ2n) is 6.88. The first-order valence-corrected chi connectivity index (χ1v) is 10.6. The van der Waals surface area contributed by atoms with Crippen LogP contribution in [0.1, 0.15) is 34.9 Å². The molecule has 3 aromatic rings. The summed E-state index contributed by atoms with van der Waals surface area (Å²) >= 11 is 7.70. The first-order chi connectivity index (χ1) is 13.1. The lowest BCUT2D eigenvalue weighted by molar-refractivity contribution is 0.0726. The van der Waals surface area contributed by atoms with Crippen LogP contribution in [0.4, 0.5) is 5.69 Å². The van der Waals surface area contributed by atoms with Gasteiger partial charge in [0.1, 0.15) is 5.69 Å². The molecular formula is C21H22ClN3OS. The number of nitrogens with zero attached hydrogens (tertiary/aromatic N) is 2. The Bertz CT molecular complexity index is 983. The largest absolute Gasteiger partial charge is 0.340 e. The number of carbonyl (C=O) groups is 1. The lowest BCUT2D eigenvalue weighted by atomic mass is 10.0. The first kappa shape index (κ1) is 18.3. The van der Waals surface area contributed by atoms with Crippen LogP contribution in [-0.2, 0) is 7.05 Å². The third-order valence-electron chi connectivity index (χ3n) is 5.26. The summed E-state index contributed by atoms with van der Waals surface area (Å²) in [7, 11) is 1.93. The van der Waals surface area contributed by atoms with E-state index in [0.717, 1.165) is 36.0 Å². The van der Waals surface area contributed by atoms with E-state index in [9.17, 15) is 4.79 Å². The number of hydrogen-bond acceptors (Lipinski definition) is 3. The molecule has 1 aliphatic heterocycles. The van der Waals surface area contributed by atoms with Crippen molar-refractivity contribution in [3.63, 3.8) is 0 Å². The van der Waals surface area contributed by atoms with Gasteiger partial charge >= 0.3 is 0 Å². The number of aryl methyl sites for hydroxylation is 1. The molecule has 0 spiro atoms. The fourth-order valence-corrected chi connectivity index (χ4v) is 4.44. The zero-order chi connectivity index (χ0) is 19.0. The molecule has 140 valence electrons. The molecule has 27 heavy (non-hydrogen) atoms. The molecule has 1 aromatic heterocycles. The Morgan fingerprint density at radius 1 is 1.19 bits per heavy atom. The third-order valence-corrected chi connectivity index (χ3v) is 5.93. The van der Waals surface area contributed by atoms with Gasteiger partial charge in [-0.25, -0.2) is 0 Å². The van der Waals surface area contributed by atoms with Gasteiger partial charge in [-0.2, -0.15) is 0 Å². The predicted molar refractivity (Wildman–Crippen MR) is 115 cm³/mol. The molecular weight excluding hydrogens is 378 g/mol. The van der Waals surface area contributed by atoms with E-state index in [4.69, 9.17) is 11.6 Å². The van der Waals surface area contributed by atoms with Crippen molar-refractivity contribution in [1.29, 1.82) is 0 Å². The van der Waals surface area contributed by atoms with E-state index in [-0.39, 0.29) is 11.9 Å². The van der Waals surface area contributed by atoms with Crippen molar-refractivity contribution in [1.82, 2.24) is 9.47 Å². The molecule has 0 aliphatic carbocycles. The Hall–Kier alpha value is -2.11. The third kappa shape index (κ3) is 3.42. The number of likely N-dealkylation sites (tertiary alicyclic amines) is 1. The summed E-state index contributed by atoms with van der Waals surface area (Å²) in [6.07, 6.45) is 4.02. The summed E-state index contributed by atoms with van der Waals surface area (Å²) in [4.78, 5) is 15.3. The van der Waals surface area contributed by atoms with Crippen molar-refractivity contribution >= 4 is 46.0 Å². The second-order valence-corrected chi connectivity index (χ2v) is 7.93. The van der Waals surface area contributed by atoms with Gasteiger partial charge in [0.2, 0.25) is 0 Å². The maximum Gasteiger partial charge on any atom is 0.271 e. The molecule has 1 amide bonds. The number of anilines is 1. The van der Waals surface area contributed by atoms with Crippen LogP contribution in [-0.4, -0.2) is 28.2 Å². The Morgan fingerprint density at radius 3 is 2.70 bits per heavy atom. The number of nitrogens with one attached hydrogen (secondary N) is 1. The number of benzene rings is 2. The topological polar surface area (TPSA) is 37.3 Å². The van der Waals surface area contributed by atoms with E-state index in [0.29, 0.717) is 10.7 Å². The molecule has 1 aliphatic rings. The van der Waals surface area contributed by atoms with Crippen molar-refractivity contribution in [3.05, 3.63) is 64.8 Å². The highest BCUT2D eigenvalue weighted by Gasteiger charge is 2.32. The summed E-state index contributed by atoms with van der Waals surface area (Å²) in [5.74, 6) is 0.0821. The molecule has 0 bridgehead atoms. The summed E-state index contributed by atoms with van der Waals surface area (Å²) in [6, 6.07) is 16.2. The van der Waals surface area contributed by atoms with Crippen molar-refractivity contribution in [2.75, 3.05) is 17.5 Å². The second kappa shape index (κ2) is 7.49. The van der Waals surface area contributed by atoms with Gasteiger partial charge in [-0.1, -0.05) is 41.7 Å². The molecule has 6 heteroatoms. The lowest BCUT2D eigenvalue weighted by Gasteiger charge is -2.25.